The summed E-state index contributed by atoms with van der Waals surface area (Å²) in [5.41, 5.74) is 0.392. The van der Waals surface area contributed by atoms with Gasteiger partial charge in [-0.15, -0.1) is 11.8 Å². The molecule has 3 heteroatoms. The van der Waals surface area contributed by atoms with Crippen molar-refractivity contribution in [1.29, 1.82) is 0 Å². The van der Waals surface area contributed by atoms with Gasteiger partial charge >= 0.3 is 5.97 Å². The summed E-state index contributed by atoms with van der Waals surface area (Å²) >= 11 is 1.87. The van der Waals surface area contributed by atoms with E-state index in [1.165, 1.54) is 32.1 Å². The van der Waals surface area contributed by atoms with Gasteiger partial charge in [0.1, 0.15) is 0 Å². The first-order valence-electron chi connectivity index (χ1n) is 6.70. The molecule has 0 amide bonds. The molecule has 2 unspecified atom stereocenters. The highest BCUT2D eigenvalue weighted by Crippen LogP contribution is 2.39. The summed E-state index contributed by atoms with van der Waals surface area (Å²) in [6, 6.07) is 7.33. The smallest absolute Gasteiger partial charge is 0.335 e. The molecule has 0 bridgehead atoms. The van der Waals surface area contributed by atoms with Gasteiger partial charge in [-0.3, -0.25) is 0 Å². The molecule has 1 aromatic rings. The van der Waals surface area contributed by atoms with Crippen molar-refractivity contribution in [3.63, 3.8) is 0 Å². The Morgan fingerprint density at radius 3 is 2.89 bits per heavy atom. The second-order valence-corrected chi connectivity index (χ2v) is 6.25. The fraction of sp³-hybridized carbons (Fsp3) is 0.533. The molecule has 0 spiro atoms. The fourth-order valence-corrected chi connectivity index (χ4v) is 4.18. The van der Waals surface area contributed by atoms with Gasteiger partial charge in [0.05, 0.1) is 5.56 Å². The Hall–Kier alpha value is -0.960. The lowest BCUT2D eigenvalue weighted by molar-refractivity contribution is 0.0696. The fourth-order valence-electron chi connectivity index (χ4n) is 2.67. The summed E-state index contributed by atoms with van der Waals surface area (Å²) in [7, 11) is 0. The van der Waals surface area contributed by atoms with E-state index in [4.69, 9.17) is 5.11 Å². The van der Waals surface area contributed by atoms with Crippen LogP contribution in [0.4, 0.5) is 0 Å². The normalized spacial score (nSPS) is 23.8. The van der Waals surface area contributed by atoms with E-state index in [0.29, 0.717) is 10.8 Å². The Balaban J connectivity index is 2.07. The van der Waals surface area contributed by atoms with Crippen LogP contribution in [0.2, 0.25) is 0 Å². The van der Waals surface area contributed by atoms with E-state index in [2.05, 4.69) is 6.92 Å². The zero-order chi connectivity index (χ0) is 13.0. The SMILES string of the molecule is CCC1CCCCC1Sc1cccc(C(=O)O)c1. The molecule has 2 nitrogen and oxygen atoms in total. The molecule has 0 heterocycles. The topological polar surface area (TPSA) is 37.3 Å². The maximum Gasteiger partial charge on any atom is 0.335 e. The average Bonchev–Trinajstić information content (AvgIpc) is 2.39. The summed E-state index contributed by atoms with van der Waals surface area (Å²) in [5.74, 6) is -0.0506. The van der Waals surface area contributed by atoms with Crippen molar-refractivity contribution in [3.8, 4) is 0 Å². The van der Waals surface area contributed by atoms with Crippen molar-refractivity contribution in [3.05, 3.63) is 29.8 Å². The largest absolute Gasteiger partial charge is 0.478 e. The van der Waals surface area contributed by atoms with E-state index < -0.39 is 5.97 Å². The van der Waals surface area contributed by atoms with Crippen LogP contribution in [0.5, 0.6) is 0 Å². The molecule has 2 rings (SSSR count). The van der Waals surface area contributed by atoms with Crippen LogP contribution in [0.3, 0.4) is 0 Å². The highest BCUT2D eigenvalue weighted by Gasteiger charge is 2.24. The summed E-state index contributed by atoms with van der Waals surface area (Å²) in [6.07, 6.45) is 6.49. The van der Waals surface area contributed by atoms with Crippen molar-refractivity contribution in [2.45, 2.75) is 49.2 Å². The molecule has 18 heavy (non-hydrogen) atoms. The third-order valence-electron chi connectivity index (χ3n) is 3.73. The van der Waals surface area contributed by atoms with Gasteiger partial charge in [0.15, 0.2) is 0 Å². The Labute approximate surface area is 113 Å². The predicted octanol–water partition coefficient (Wildman–Crippen LogP) is 4.45. The van der Waals surface area contributed by atoms with Crippen LogP contribution in [0.25, 0.3) is 0 Å². The van der Waals surface area contributed by atoms with E-state index >= 15 is 0 Å². The lowest BCUT2D eigenvalue weighted by Crippen LogP contribution is -2.21. The number of thioether (sulfide) groups is 1. The van der Waals surface area contributed by atoms with Gasteiger partial charge < -0.3 is 5.11 Å². The van der Waals surface area contributed by atoms with Gasteiger partial charge in [-0.2, -0.15) is 0 Å². The maximum atomic E-state index is 11.0. The van der Waals surface area contributed by atoms with Crippen molar-refractivity contribution < 1.29 is 9.90 Å². The minimum Gasteiger partial charge on any atom is -0.478 e. The van der Waals surface area contributed by atoms with E-state index in [1.807, 2.05) is 23.9 Å². The number of aromatic carboxylic acids is 1. The Kier molecular flexibility index (Phi) is 4.70. The van der Waals surface area contributed by atoms with E-state index in [9.17, 15) is 4.79 Å². The molecular formula is C15H20O2S. The first-order chi connectivity index (χ1) is 8.70. The third-order valence-corrected chi connectivity index (χ3v) is 5.18. The van der Waals surface area contributed by atoms with E-state index in [1.54, 1.807) is 12.1 Å². The van der Waals surface area contributed by atoms with Gasteiger partial charge in [-0.05, 0) is 37.0 Å². The zero-order valence-electron chi connectivity index (χ0n) is 10.8. The highest BCUT2D eigenvalue weighted by atomic mass is 32.2. The number of carboxylic acid groups (broad SMARTS) is 1. The van der Waals surface area contributed by atoms with Gasteiger partial charge in [-0.1, -0.05) is 32.3 Å². The number of hydrogen-bond donors (Lipinski definition) is 1. The quantitative estimate of drug-likeness (QED) is 0.873. The van der Waals surface area contributed by atoms with Crippen LogP contribution in [-0.4, -0.2) is 16.3 Å². The number of rotatable bonds is 4. The van der Waals surface area contributed by atoms with Gasteiger partial charge in [0.2, 0.25) is 0 Å². The van der Waals surface area contributed by atoms with Crippen molar-refractivity contribution in [2.75, 3.05) is 0 Å². The molecule has 0 aliphatic heterocycles. The highest BCUT2D eigenvalue weighted by molar-refractivity contribution is 8.00. The standard InChI is InChI=1S/C15H20O2S/c1-2-11-6-3-4-9-14(11)18-13-8-5-7-12(10-13)15(16)17/h5,7-8,10-11,14H,2-4,6,9H2,1H3,(H,16,17). The maximum absolute atomic E-state index is 11.0. The number of carbonyl (C=O) groups is 1. The van der Waals surface area contributed by atoms with Gasteiger partial charge in [-0.25, -0.2) is 4.79 Å². The average molecular weight is 264 g/mol. The first-order valence-corrected chi connectivity index (χ1v) is 7.58. The predicted molar refractivity (Wildman–Crippen MR) is 75.3 cm³/mol. The minimum absolute atomic E-state index is 0.392. The number of carboxylic acids is 1. The van der Waals surface area contributed by atoms with Gasteiger partial charge in [0.25, 0.3) is 0 Å². The van der Waals surface area contributed by atoms with Crippen LogP contribution in [0, 0.1) is 5.92 Å². The van der Waals surface area contributed by atoms with Crippen molar-refractivity contribution >= 4 is 17.7 Å². The Morgan fingerprint density at radius 1 is 1.39 bits per heavy atom. The molecule has 0 aromatic heterocycles. The van der Waals surface area contributed by atoms with E-state index in [0.717, 1.165) is 10.8 Å². The molecule has 1 fully saturated rings. The molecule has 2 atom stereocenters. The van der Waals surface area contributed by atoms with Crippen LogP contribution in [0.15, 0.2) is 29.2 Å². The summed E-state index contributed by atoms with van der Waals surface area (Å²) in [6.45, 7) is 2.26. The molecule has 0 radical (unpaired) electrons. The summed E-state index contributed by atoms with van der Waals surface area (Å²) in [4.78, 5) is 12.1. The monoisotopic (exact) mass is 264 g/mol. The van der Waals surface area contributed by atoms with Crippen molar-refractivity contribution in [1.82, 2.24) is 0 Å². The lowest BCUT2D eigenvalue weighted by atomic mass is 9.87. The second-order valence-electron chi connectivity index (χ2n) is 4.94. The third kappa shape index (κ3) is 3.29. The molecule has 0 saturated heterocycles. The number of hydrogen-bond acceptors (Lipinski definition) is 2. The minimum atomic E-state index is -0.840. The lowest BCUT2D eigenvalue weighted by Gasteiger charge is -2.30. The van der Waals surface area contributed by atoms with E-state index in [-0.39, 0.29) is 0 Å². The molecule has 1 aliphatic carbocycles. The Bertz CT molecular complexity index is 417. The first kappa shape index (κ1) is 13.5. The van der Waals surface area contributed by atoms with Crippen LogP contribution >= 0.6 is 11.8 Å². The molecular weight excluding hydrogens is 244 g/mol. The molecule has 1 saturated carbocycles. The molecule has 1 N–H and O–H groups in total. The number of benzene rings is 1. The second kappa shape index (κ2) is 6.28. The van der Waals surface area contributed by atoms with Crippen LogP contribution in [0.1, 0.15) is 49.4 Å². The zero-order valence-corrected chi connectivity index (χ0v) is 11.6. The van der Waals surface area contributed by atoms with Gasteiger partial charge in [0, 0.05) is 10.1 Å². The van der Waals surface area contributed by atoms with Crippen molar-refractivity contribution in [2.24, 2.45) is 5.92 Å². The van der Waals surface area contributed by atoms with Crippen LogP contribution in [-0.2, 0) is 0 Å². The summed E-state index contributed by atoms with van der Waals surface area (Å²) in [5, 5.41) is 9.66. The molecule has 1 aliphatic rings. The molecule has 98 valence electrons. The Morgan fingerprint density at radius 2 is 2.17 bits per heavy atom. The summed E-state index contributed by atoms with van der Waals surface area (Å²) < 4.78 is 0. The molecule has 1 aromatic carbocycles. The van der Waals surface area contributed by atoms with Crippen LogP contribution < -0.4 is 0 Å².